The minimum atomic E-state index is -1.14. The molecule has 1 fully saturated rings. The Kier molecular flexibility index (Phi) is 5.08. The second-order valence-electron chi connectivity index (χ2n) is 4.34. The number of carboxylic acids is 2. The molecule has 1 aliphatic carbocycles. The summed E-state index contributed by atoms with van der Waals surface area (Å²) in [7, 11) is 0. The molecule has 102 valence electrons. The fourth-order valence-corrected chi connectivity index (χ4v) is 1.86. The lowest BCUT2D eigenvalue weighted by molar-refractivity contribution is -0.143. The van der Waals surface area contributed by atoms with Gasteiger partial charge in [0.15, 0.2) is 0 Å². The van der Waals surface area contributed by atoms with E-state index in [-0.39, 0.29) is 18.5 Å². The Bertz CT molecular complexity index is 324. The Labute approximate surface area is 105 Å². The van der Waals surface area contributed by atoms with E-state index in [0.717, 1.165) is 17.7 Å². The fraction of sp³-hybridized carbons (Fsp3) is 0.727. The predicted molar refractivity (Wildman–Crippen MR) is 62.1 cm³/mol. The molecule has 0 saturated heterocycles. The lowest BCUT2D eigenvalue weighted by Gasteiger charge is -2.24. The highest BCUT2D eigenvalue weighted by Crippen LogP contribution is 2.26. The van der Waals surface area contributed by atoms with Crippen molar-refractivity contribution in [3.05, 3.63) is 0 Å². The molecule has 2 N–H and O–H groups in total. The number of hydrogen-bond acceptors (Lipinski definition) is 4. The maximum Gasteiger partial charge on any atom is 0.317 e. The second kappa shape index (κ2) is 6.34. The Balaban J connectivity index is 2.54. The van der Waals surface area contributed by atoms with Crippen molar-refractivity contribution in [1.82, 2.24) is 9.80 Å². The number of aliphatic carboxylic acids is 2. The molecule has 0 heterocycles. The zero-order valence-electron chi connectivity index (χ0n) is 10.3. The SMILES string of the molecule is CCN(C(=O)CN(CC(=O)O)CC(=O)O)C1CC1. The van der Waals surface area contributed by atoms with Crippen LogP contribution in [-0.2, 0) is 14.4 Å². The summed E-state index contributed by atoms with van der Waals surface area (Å²) in [6, 6.07) is 0.249. The van der Waals surface area contributed by atoms with Gasteiger partial charge in [-0.1, -0.05) is 0 Å². The first-order chi connectivity index (χ1) is 8.43. The summed E-state index contributed by atoms with van der Waals surface area (Å²) < 4.78 is 0. The van der Waals surface area contributed by atoms with Crippen molar-refractivity contribution in [2.75, 3.05) is 26.2 Å². The highest BCUT2D eigenvalue weighted by Gasteiger charge is 2.32. The summed E-state index contributed by atoms with van der Waals surface area (Å²) in [5, 5.41) is 17.3. The predicted octanol–water partition coefficient (Wildman–Crippen LogP) is -0.531. The first-order valence-electron chi connectivity index (χ1n) is 5.89. The van der Waals surface area contributed by atoms with Gasteiger partial charge >= 0.3 is 11.9 Å². The molecular weight excluding hydrogens is 240 g/mol. The molecule has 1 rings (SSSR count). The molecular formula is C11H18N2O5. The van der Waals surface area contributed by atoms with Crippen molar-refractivity contribution in [1.29, 1.82) is 0 Å². The summed E-state index contributed by atoms with van der Waals surface area (Å²) in [6.45, 7) is 1.37. The average molecular weight is 258 g/mol. The van der Waals surface area contributed by atoms with Gasteiger partial charge in [-0.2, -0.15) is 0 Å². The van der Waals surface area contributed by atoms with Gasteiger partial charge in [-0.15, -0.1) is 0 Å². The molecule has 0 atom stereocenters. The van der Waals surface area contributed by atoms with Crippen LogP contribution in [0.2, 0.25) is 0 Å². The Morgan fingerprint density at radius 1 is 1.06 bits per heavy atom. The standard InChI is InChI=1S/C11H18N2O5/c1-2-13(8-3-4-8)9(14)5-12(6-10(15)16)7-11(17)18/h8H,2-7H2,1H3,(H,15,16)(H,17,18). The van der Waals surface area contributed by atoms with E-state index in [4.69, 9.17) is 10.2 Å². The van der Waals surface area contributed by atoms with Crippen LogP contribution in [0.25, 0.3) is 0 Å². The third-order valence-corrected chi connectivity index (χ3v) is 2.73. The van der Waals surface area contributed by atoms with Crippen LogP contribution in [0.1, 0.15) is 19.8 Å². The summed E-state index contributed by atoms with van der Waals surface area (Å²) in [5.41, 5.74) is 0. The lowest BCUT2D eigenvalue weighted by atomic mass is 10.3. The summed E-state index contributed by atoms with van der Waals surface area (Å²) in [4.78, 5) is 35.9. The van der Waals surface area contributed by atoms with Gasteiger partial charge in [0.1, 0.15) is 0 Å². The number of carbonyl (C=O) groups is 3. The molecule has 0 radical (unpaired) electrons. The van der Waals surface area contributed by atoms with Gasteiger partial charge < -0.3 is 15.1 Å². The Morgan fingerprint density at radius 2 is 1.56 bits per heavy atom. The van der Waals surface area contributed by atoms with E-state index in [2.05, 4.69) is 0 Å². The fourth-order valence-electron chi connectivity index (χ4n) is 1.86. The van der Waals surface area contributed by atoms with E-state index in [1.165, 1.54) is 0 Å². The van der Waals surface area contributed by atoms with Crippen LogP contribution in [0.15, 0.2) is 0 Å². The first kappa shape index (κ1) is 14.4. The van der Waals surface area contributed by atoms with Crippen molar-refractivity contribution in [2.24, 2.45) is 0 Å². The number of amides is 1. The smallest absolute Gasteiger partial charge is 0.317 e. The molecule has 0 aromatic heterocycles. The Morgan fingerprint density at radius 3 is 1.89 bits per heavy atom. The molecule has 7 heteroatoms. The highest BCUT2D eigenvalue weighted by atomic mass is 16.4. The minimum absolute atomic E-state index is 0.164. The van der Waals surface area contributed by atoms with Gasteiger partial charge in [-0.25, -0.2) is 0 Å². The third-order valence-electron chi connectivity index (χ3n) is 2.73. The second-order valence-corrected chi connectivity index (χ2v) is 4.34. The summed E-state index contributed by atoms with van der Waals surface area (Å²) >= 11 is 0. The molecule has 0 spiro atoms. The van der Waals surface area contributed by atoms with E-state index < -0.39 is 25.0 Å². The molecule has 1 aliphatic rings. The van der Waals surface area contributed by atoms with E-state index in [1.807, 2.05) is 6.92 Å². The molecule has 0 aromatic rings. The van der Waals surface area contributed by atoms with Crippen molar-refractivity contribution in [3.8, 4) is 0 Å². The van der Waals surface area contributed by atoms with Crippen LogP contribution in [0.3, 0.4) is 0 Å². The molecule has 1 amide bonds. The van der Waals surface area contributed by atoms with Crippen molar-refractivity contribution < 1.29 is 24.6 Å². The maximum absolute atomic E-state index is 11.9. The number of carbonyl (C=O) groups excluding carboxylic acids is 1. The van der Waals surface area contributed by atoms with Crippen LogP contribution < -0.4 is 0 Å². The summed E-state index contributed by atoms with van der Waals surface area (Å²) in [5.74, 6) is -2.49. The van der Waals surface area contributed by atoms with Gasteiger partial charge in [0.2, 0.25) is 5.91 Å². The molecule has 0 aromatic carbocycles. The monoisotopic (exact) mass is 258 g/mol. The van der Waals surface area contributed by atoms with E-state index in [1.54, 1.807) is 4.90 Å². The maximum atomic E-state index is 11.9. The largest absolute Gasteiger partial charge is 0.480 e. The quantitative estimate of drug-likeness (QED) is 0.607. The van der Waals surface area contributed by atoms with Gasteiger partial charge in [0.25, 0.3) is 0 Å². The molecule has 0 unspecified atom stereocenters. The normalized spacial score (nSPS) is 14.6. The van der Waals surface area contributed by atoms with Gasteiger partial charge in [0.05, 0.1) is 19.6 Å². The van der Waals surface area contributed by atoms with Crippen LogP contribution in [0.4, 0.5) is 0 Å². The zero-order chi connectivity index (χ0) is 13.7. The van der Waals surface area contributed by atoms with Crippen LogP contribution in [-0.4, -0.2) is 70.1 Å². The number of likely N-dealkylation sites (N-methyl/N-ethyl adjacent to an activating group) is 1. The Hall–Kier alpha value is -1.63. The van der Waals surface area contributed by atoms with Crippen molar-refractivity contribution in [3.63, 3.8) is 0 Å². The van der Waals surface area contributed by atoms with Gasteiger partial charge in [-0.05, 0) is 19.8 Å². The van der Waals surface area contributed by atoms with Crippen LogP contribution >= 0.6 is 0 Å². The first-order valence-corrected chi connectivity index (χ1v) is 5.89. The van der Waals surface area contributed by atoms with E-state index in [0.29, 0.717) is 6.54 Å². The van der Waals surface area contributed by atoms with Crippen LogP contribution in [0.5, 0.6) is 0 Å². The molecule has 7 nitrogen and oxygen atoms in total. The lowest BCUT2D eigenvalue weighted by Crippen LogP contribution is -2.44. The number of carboxylic acid groups (broad SMARTS) is 2. The third kappa shape index (κ3) is 4.70. The van der Waals surface area contributed by atoms with Gasteiger partial charge in [-0.3, -0.25) is 19.3 Å². The van der Waals surface area contributed by atoms with Crippen molar-refractivity contribution >= 4 is 17.8 Å². The van der Waals surface area contributed by atoms with E-state index in [9.17, 15) is 14.4 Å². The number of nitrogens with zero attached hydrogens (tertiary/aromatic N) is 2. The zero-order valence-corrected chi connectivity index (χ0v) is 10.3. The molecule has 18 heavy (non-hydrogen) atoms. The average Bonchev–Trinajstić information content (AvgIpc) is 3.00. The minimum Gasteiger partial charge on any atom is -0.480 e. The highest BCUT2D eigenvalue weighted by molar-refractivity contribution is 5.81. The number of rotatable bonds is 8. The van der Waals surface area contributed by atoms with Crippen molar-refractivity contribution in [2.45, 2.75) is 25.8 Å². The molecule has 0 bridgehead atoms. The molecule has 1 saturated carbocycles. The molecule has 0 aliphatic heterocycles. The topological polar surface area (TPSA) is 98.2 Å². The van der Waals surface area contributed by atoms with Gasteiger partial charge in [0, 0.05) is 12.6 Å². The summed E-state index contributed by atoms with van der Waals surface area (Å²) in [6.07, 6.45) is 1.94. The number of hydrogen-bond donors (Lipinski definition) is 2. The van der Waals surface area contributed by atoms with Crippen LogP contribution in [0, 0.1) is 0 Å². The van der Waals surface area contributed by atoms with E-state index >= 15 is 0 Å².